The van der Waals surface area contributed by atoms with Gasteiger partial charge < -0.3 is 10.0 Å². The second-order valence-corrected chi connectivity index (χ2v) is 7.91. The lowest BCUT2D eigenvalue weighted by Gasteiger charge is -2.21. The predicted octanol–water partition coefficient (Wildman–Crippen LogP) is 2.33. The Morgan fingerprint density at radius 1 is 1.25 bits per heavy atom. The summed E-state index contributed by atoms with van der Waals surface area (Å²) in [6.07, 6.45) is 2.51. The van der Waals surface area contributed by atoms with E-state index in [2.05, 4.69) is 4.90 Å². The molecule has 7 heteroatoms. The Balaban J connectivity index is 2.09. The molecule has 0 bridgehead atoms. The number of carbonyl (C=O) groups is 1. The highest BCUT2D eigenvalue weighted by molar-refractivity contribution is 7.89. The van der Waals surface area contributed by atoms with Crippen LogP contribution in [0.3, 0.4) is 0 Å². The first-order valence-electron chi connectivity index (χ1n) is 8.50. The predicted molar refractivity (Wildman–Crippen MR) is 94.0 cm³/mol. The first-order valence-corrected chi connectivity index (χ1v) is 9.94. The van der Waals surface area contributed by atoms with Gasteiger partial charge in [0.15, 0.2) is 0 Å². The van der Waals surface area contributed by atoms with Crippen LogP contribution >= 0.6 is 0 Å². The number of benzene rings is 1. The number of sulfonamides is 1. The smallest absolute Gasteiger partial charge is 0.303 e. The van der Waals surface area contributed by atoms with E-state index in [1.54, 1.807) is 12.1 Å². The number of carboxylic acids is 1. The van der Waals surface area contributed by atoms with E-state index in [0.29, 0.717) is 24.4 Å². The van der Waals surface area contributed by atoms with Crippen molar-refractivity contribution in [2.45, 2.75) is 44.4 Å². The molecule has 0 saturated heterocycles. The topological polar surface area (TPSA) is 77.9 Å². The Bertz CT molecular complexity index is 684. The minimum Gasteiger partial charge on any atom is -0.481 e. The van der Waals surface area contributed by atoms with Crippen molar-refractivity contribution < 1.29 is 18.3 Å². The van der Waals surface area contributed by atoms with Crippen molar-refractivity contribution >= 4 is 21.7 Å². The van der Waals surface area contributed by atoms with Crippen LogP contribution in [0.2, 0.25) is 0 Å². The third kappa shape index (κ3) is 4.08. The molecule has 0 spiro atoms. The van der Waals surface area contributed by atoms with E-state index < -0.39 is 16.0 Å². The molecule has 0 amide bonds. The summed E-state index contributed by atoms with van der Waals surface area (Å²) in [7, 11) is -3.42. The summed E-state index contributed by atoms with van der Waals surface area (Å²) in [5.41, 5.74) is 2.13. The Labute approximate surface area is 144 Å². The van der Waals surface area contributed by atoms with Crippen LogP contribution in [0.15, 0.2) is 23.1 Å². The van der Waals surface area contributed by atoms with Gasteiger partial charge in [0.05, 0.1) is 4.90 Å². The first kappa shape index (κ1) is 18.7. The molecule has 1 aliphatic heterocycles. The number of hydrogen-bond acceptors (Lipinski definition) is 4. The fourth-order valence-electron chi connectivity index (χ4n) is 3.13. The molecule has 1 N–H and O–H groups in total. The monoisotopic (exact) mass is 354 g/mol. The lowest BCUT2D eigenvalue weighted by Crippen LogP contribution is -2.30. The Kier molecular flexibility index (Phi) is 6.23. The average molecular weight is 354 g/mol. The molecule has 24 heavy (non-hydrogen) atoms. The number of aliphatic carboxylic acids is 1. The number of rotatable bonds is 9. The molecule has 0 aliphatic carbocycles. The Morgan fingerprint density at radius 3 is 2.58 bits per heavy atom. The molecular weight excluding hydrogens is 328 g/mol. The van der Waals surface area contributed by atoms with E-state index in [-0.39, 0.29) is 6.42 Å². The van der Waals surface area contributed by atoms with Crippen LogP contribution in [-0.4, -0.2) is 50.0 Å². The van der Waals surface area contributed by atoms with Gasteiger partial charge in [-0.25, -0.2) is 8.42 Å². The van der Waals surface area contributed by atoms with Crippen LogP contribution in [-0.2, 0) is 21.2 Å². The van der Waals surface area contributed by atoms with Crippen LogP contribution in [0.1, 0.15) is 38.7 Å². The largest absolute Gasteiger partial charge is 0.481 e. The summed E-state index contributed by atoms with van der Waals surface area (Å²) in [6, 6.07) is 5.36. The molecule has 134 valence electrons. The molecule has 0 fully saturated rings. The summed E-state index contributed by atoms with van der Waals surface area (Å²) in [5.74, 6) is -0.761. The molecule has 1 heterocycles. The normalized spacial score (nSPS) is 14.2. The molecule has 0 atom stereocenters. The maximum absolute atomic E-state index is 12.6. The highest BCUT2D eigenvalue weighted by Crippen LogP contribution is 2.31. The van der Waals surface area contributed by atoms with E-state index in [4.69, 9.17) is 5.11 Å². The minimum absolute atomic E-state index is 0.196. The van der Waals surface area contributed by atoms with Crippen molar-refractivity contribution in [3.63, 3.8) is 0 Å². The number of carboxylic acid groups (broad SMARTS) is 1. The summed E-state index contributed by atoms with van der Waals surface area (Å²) >= 11 is 0. The molecule has 1 aromatic carbocycles. The maximum Gasteiger partial charge on any atom is 0.303 e. The lowest BCUT2D eigenvalue weighted by atomic mass is 10.2. The molecule has 0 radical (unpaired) electrons. The van der Waals surface area contributed by atoms with Crippen LogP contribution in [0.4, 0.5) is 5.69 Å². The maximum atomic E-state index is 12.6. The van der Waals surface area contributed by atoms with Crippen molar-refractivity contribution in [1.29, 1.82) is 0 Å². The van der Waals surface area contributed by atoms with Crippen molar-refractivity contribution in [2.24, 2.45) is 0 Å². The zero-order chi connectivity index (χ0) is 17.7. The standard InChI is InChI=1S/C17H26N2O4S/c1-3-19(4-2)24(22,23)15-8-9-16-14(13-15)10-12-18(16)11-6-5-7-17(20)21/h8-9,13H,3-7,10-12H2,1-2H3,(H,20,21). The van der Waals surface area contributed by atoms with E-state index in [9.17, 15) is 13.2 Å². The highest BCUT2D eigenvalue weighted by Gasteiger charge is 2.25. The Hall–Kier alpha value is -1.60. The number of anilines is 1. The van der Waals surface area contributed by atoms with Gasteiger partial charge in [0.25, 0.3) is 0 Å². The van der Waals surface area contributed by atoms with Gasteiger partial charge >= 0.3 is 5.97 Å². The molecule has 0 unspecified atom stereocenters. The average Bonchev–Trinajstić information content (AvgIpc) is 2.94. The first-order chi connectivity index (χ1) is 11.4. The highest BCUT2D eigenvalue weighted by atomic mass is 32.2. The van der Waals surface area contributed by atoms with Crippen LogP contribution in [0.5, 0.6) is 0 Å². The van der Waals surface area contributed by atoms with Gasteiger partial charge in [-0.2, -0.15) is 4.31 Å². The molecular formula is C17H26N2O4S. The fraction of sp³-hybridized carbons (Fsp3) is 0.588. The van der Waals surface area contributed by atoms with Gasteiger partial charge in [0.2, 0.25) is 10.0 Å². The van der Waals surface area contributed by atoms with Crippen molar-refractivity contribution in [3.8, 4) is 0 Å². The van der Waals surface area contributed by atoms with Gasteiger partial charge in [0, 0.05) is 38.3 Å². The van der Waals surface area contributed by atoms with Crippen molar-refractivity contribution in [1.82, 2.24) is 4.31 Å². The van der Waals surface area contributed by atoms with Gasteiger partial charge in [0.1, 0.15) is 0 Å². The summed E-state index contributed by atoms with van der Waals surface area (Å²) in [6.45, 7) is 6.28. The Morgan fingerprint density at radius 2 is 1.96 bits per heavy atom. The molecule has 1 aromatic rings. The molecule has 0 saturated carbocycles. The zero-order valence-electron chi connectivity index (χ0n) is 14.4. The van der Waals surface area contributed by atoms with Crippen LogP contribution in [0.25, 0.3) is 0 Å². The number of fused-ring (bicyclic) bond motifs is 1. The van der Waals surface area contributed by atoms with E-state index in [0.717, 1.165) is 37.2 Å². The zero-order valence-corrected chi connectivity index (χ0v) is 15.2. The van der Waals surface area contributed by atoms with Crippen LogP contribution < -0.4 is 4.90 Å². The van der Waals surface area contributed by atoms with E-state index in [1.807, 2.05) is 19.9 Å². The minimum atomic E-state index is -3.42. The van der Waals surface area contributed by atoms with Gasteiger partial charge in [-0.05, 0) is 43.0 Å². The summed E-state index contributed by atoms with van der Waals surface area (Å²) < 4.78 is 26.7. The SMILES string of the molecule is CCN(CC)S(=O)(=O)c1ccc2c(c1)CCN2CCCCC(=O)O. The molecule has 2 rings (SSSR count). The molecule has 1 aliphatic rings. The number of hydrogen-bond donors (Lipinski definition) is 1. The second-order valence-electron chi connectivity index (χ2n) is 5.97. The number of unbranched alkanes of at least 4 members (excludes halogenated alkanes) is 1. The third-order valence-corrected chi connectivity index (χ3v) is 6.50. The number of nitrogens with zero attached hydrogens (tertiary/aromatic N) is 2. The third-order valence-electron chi connectivity index (χ3n) is 4.45. The molecule has 0 aromatic heterocycles. The fourth-order valence-corrected chi connectivity index (χ4v) is 4.64. The summed E-state index contributed by atoms with van der Waals surface area (Å²) in [4.78, 5) is 13.1. The van der Waals surface area contributed by atoms with Crippen molar-refractivity contribution in [2.75, 3.05) is 31.1 Å². The van der Waals surface area contributed by atoms with E-state index >= 15 is 0 Å². The quantitative estimate of drug-likeness (QED) is 0.689. The van der Waals surface area contributed by atoms with Gasteiger partial charge in [-0.15, -0.1) is 0 Å². The molecule has 6 nitrogen and oxygen atoms in total. The van der Waals surface area contributed by atoms with Gasteiger partial charge in [-0.1, -0.05) is 13.8 Å². The second kappa shape index (κ2) is 7.98. The lowest BCUT2D eigenvalue weighted by molar-refractivity contribution is -0.137. The van der Waals surface area contributed by atoms with E-state index in [1.165, 1.54) is 4.31 Å². The van der Waals surface area contributed by atoms with Crippen LogP contribution in [0, 0.1) is 0 Å². The van der Waals surface area contributed by atoms with Crippen molar-refractivity contribution in [3.05, 3.63) is 23.8 Å². The summed E-state index contributed by atoms with van der Waals surface area (Å²) in [5, 5.41) is 8.68. The van der Waals surface area contributed by atoms with Gasteiger partial charge in [-0.3, -0.25) is 4.79 Å².